The molecule has 5 heteroatoms. The van der Waals surface area contributed by atoms with Crippen LogP contribution in [0.3, 0.4) is 0 Å². The summed E-state index contributed by atoms with van der Waals surface area (Å²) in [5, 5.41) is 0. The fraction of sp³-hybridized carbons (Fsp3) is 0.750. The van der Waals surface area contributed by atoms with Gasteiger partial charge in [0.25, 0.3) is 0 Å². The van der Waals surface area contributed by atoms with Gasteiger partial charge in [0, 0.05) is 0 Å². The summed E-state index contributed by atoms with van der Waals surface area (Å²) >= 11 is 0. The topological polar surface area (TPSA) is 54.0 Å². The van der Waals surface area contributed by atoms with Crippen LogP contribution in [-0.4, -0.2) is 19.9 Å². The molecule has 0 aromatic carbocycles. The molecule has 0 N–H and O–H groups in total. The molecule has 0 rings (SSSR count). The van der Waals surface area contributed by atoms with Gasteiger partial charge >= 0.3 is 6.16 Å². The highest BCUT2D eigenvalue weighted by Crippen LogP contribution is 1.84. The lowest BCUT2D eigenvalue weighted by molar-refractivity contribution is -0.307. The smallest absolute Gasteiger partial charge is 0.258 e. The lowest BCUT2D eigenvalue weighted by atomic mass is 10.9. The van der Waals surface area contributed by atoms with Crippen LogP contribution in [0.15, 0.2) is 0 Å². The van der Waals surface area contributed by atoms with Crippen molar-refractivity contribution in [1.29, 1.82) is 0 Å². The maximum atomic E-state index is 10.1. The van der Waals surface area contributed by atoms with E-state index in [0.29, 0.717) is 0 Å². The Balaban J connectivity index is 3.06. The van der Waals surface area contributed by atoms with E-state index in [1.54, 1.807) is 6.92 Å². The first-order chi connectivity index (χ1) is 4.31. The quantitative estimate of drug-likeness (QED) is 0.421. The van der Waals surface area contributed by atoms with E-state index in [-0.39, 0.29) is 6.61 Å². The van der Waals surface area contributed by atoms with E-state index in [1.807, 2.05) is 0 Å². The molecular formula is C4H8O5. The van der Waals surface area contributed by atoms with Crippen LogP contribution in [0, 0.1) is 0 Å². The van der Waals surface area contributed by atoms with Crippen LogP contribution in [0.4, 0.5) is 4.79 Å². The van der Waals surface area contributed by atoms with E-state index in [2.05, 4.69) is 19.6 Å². The minimum absolute atomic E-state index is 0.277. The van der Waals surface area contributed by atoms with E-state index >= 15 is 0 Å². The number of hydrogen-bond acceptors (Lipinski definition) is 5. The SMILES string of the molecule is CCOOC(=O)OOC. The normalized spacial score (nSPS) is 8.67. The molecule has 0 bridgehead atoms. The number of carbonyl (C=O) groups is 1. The van der Waals surface area contributed by atoms with Gasteiger partial charge in [-0.3, -0.25) is 9.78 Å². The van der Waals surface area contributed by atoms with Gasteiger partial charge in [0.05, 0.1) is 13.7 Å². The first-order valence-corrected chi connectivity index (χ1v) is 2.35. The fourth-order valence-corrected chi connectivity index (χ4v) is 0.189. The third-order valence-electron chi connectivity index (χ3n) is 0.396. The summed E-state index contributed by atoms with van der Waals surface area (Å²) < 4.78 is 0. The molecule has 0 aliphatic rings. The number of carbonyl (C=O) groups excluding carboxylic acids is 1. The molecule has 0 aliphatic heterocycles. The van der Waals surface area contributed by atoms with Gasteiger partial charge in [-0.05, 0) is 6.92 Å². The molecule has 0 aromatic rings. The van der Waals surface area contributed by atoms with Crippen LogP contribution in [-0.2, 0) is 19.6 Å². The molecule has 5 nitrogen and oxygen atoms in total. The second-order valence-electron chi connectivity index (χ2n) is 0.990. The van der Waals surface area contributed by atoms with E-state index in [0.717, 1.165) is 0 Å². The van der Waals surface area contributed by atoms with Crippen molar-refractivity contribution in [2.45, 2.75) is 6.92 Å². The maximum Gasteiger partial charge on any atom is 0.573 e. The second-order valence-corrected chi connectivity index (χ2v) is 0.990. The van der Waals surface area contributed by atoms with Crippen LogP contribution < -0.4 is 0 Å². The zero-order valence-corrected chi connectivity index (χ0v) is 5.25. The third-order valence-corrected chi connectivity index (χ3v) is 0.396. The Morgan fingerprint density at radius 3 is 2.56 bits per heavy atom. The molecule has 0 spiro atoms. The largest absolute Gasteiger partial charge is 0.573 e. The van der Waals surface area contributed by atoms with Crippen LogP contribution in [0.25, 0.3) is 0 Å². The zero-order valence-electron chi connectivity index (χ0n) is 5.25. The molecule has 0 heterocycles. The van der Waals surface area contributed by atoms with Gasteiger partial charge in [-0.1, -0.05) is 0 Å². The summed E-state index contributed by atoms with van der Waals surface area (Å²) in [5.41, 5.74) is 0. The fourth-order valence-electron chi connectivity index (χ4n) is 0.189. The summed E-state index contributed by atoms with van der Waals surface area (Å²) in [6, 6.07) is 0. The highest BCUT2D eigenvalue weighted by molar-refractivity contribution is 5.58. The van der Waals surface area contributed by atoms with E-state index < -0.39 is 6.16 Å². The van der Waals surface area contributed by atoms with Crippen LogP contribution >= 0.6 is 0 Å². The molecule has 0 unspecified atom stereocenters. The third kappa shape index (κ3) is 5.05. The summed E-state index contributed by atoms with van der Waals surface area (Å²) in [7, 11) is 1.19. The van der Waals surface area contributed by atoms with Crippen molar-refractivity contribution < 1.29 is 24.3 Å². The summed E-state index contributed by atoms with van der Waals surface area (Å²) in [6.45, 7) is 1.94. The second kappa shape index (κ2) is 5.33. The molecule has 0 aliphatic carbocycles. The zero-order chi connectivity index (χ0) is 7.11. The summed E-state index contributed by atoms with van der Waals surface area (Å²) in [4.78, 5) is 26.1. The van der Waals surface area contributed by atoms with E-state index in [4.69, 9.17) is 0 Å². The van der Waals surface area contributed by atoms with Gasteiger partial charge in [0.15, 0.2) is 0 Å². The Kier molecular flexibility index (Phi) is 4.85. The standard InChI is InChI=1S/C4H8O5/c1-3-7-9-4(5)8-6-2/h3H2,1-2H3. The first kappa shape index (κ1) is 8.19. The molecule has 0 radical (unpaired) electrons. The predicted octanol–water partition coefficient (Wildman–Crippen LogP) is 0.653. The Morgan fingerprint density at radius 1 is 1.44 bits per heavy atom. The number of rotatable bonds is 3. The van der Waals surface area contributed by atoms with Gasteiger partial charge in [-0.2, -0.15) is 14.6 Å². The molecule has 0 atom stereocenters. The monoisotopic (exact) mass is 136 g/mol. The Hall–Kier alpha value is -0.810. The first-order valence-electron chi connectivity index (χ1n) is 2.35. The lowest BCUT2D eigenvalue weighted by Crippen LogP contribution is -2.06. The van der Waals surface area contributed by atoms with E-state index in [1.165, 1.54) is 7.11 Å². The van der Waals surface area contributed by atoms with Crippen molar-refractivity contribution in [1.82, 2.24) is 0 Å². The molecule has 0 fully saturated rings. The van der Waals surface area contributed by atoms with Gasteiger partial charge in [-0.15, -0.1) is 0 Å². The Labute approximate surface area is 52.3 Å². The molecule has 0 saturated carbocycles. The van der Waals surface area contributed by atoms with Crippen molar-refractivity contribution in [2.24, 2.45) is 0 Å². The molecular weight excluding hydrogens is 128 g/mol. The van der Waals surface area contributed by atoms with Crippen molar-refractivity contribution in [3.05, 3.63) is 0 Å². The van der Waals surface area contributed by atoms with Gasteiger partial charge in [-0.25, -0.2) is 0 Å². The average Bonchev–Trinajstić information content (AvgIpc) is 1.85. The van der Waals surface area contributed by atoms with Crippen LogP contribution in [0.5, 0.6) is 0 Å². The van der Waals surface area contributed by atoms with Gasteiger partial charge in [0.2, 0.25) is 0 Å². The van der Waals surface area contributed by atoms with Gasteiger partial charge < -0.3 is 0 Å². The highest BCUT2D eigenvalue weighted by Gasteiger charge is 2.02. The maximum absolute atomic E-state index is 10.1. The van der Waals surface area contributed by atoms with Crippen LogP contribution in [0.2, 0.25) is 0 Å². The minimum atomic E-state index is -1.01. The molecule has 54 valence electrons. The Morgan fingerprint density at radius 2 is 2.11 bits per heavy atom. The minimum Gasteiger partial charge on any atom is -0.258 e. The van der Waals surface area contributed by atoms with Crippen molar-refractivity contribution >= 4 is 6.16 Å². The lowest BCUT2D eigenvalue weighted by Gasteiger charge is -1.97. The summed E-state index contributed by atoms with van der Waals surface area (Å²) in [5.74, 6) is 0. The predicted molar refractivity (Wildman–Crippen MR) is 26.2 cm³/mol. The van der Waals surface area contributed by atoms with Crippen molar-refractivity contribution in [3.63, 3.8) is 0 Å². The Bertz CT molecular complexity index is 81.0. The van der Waals surface area contributed by atoms with Crippen LogP contribution in [0.1, 0.15) is 6.92 Å². The van der Waals surface area contributed by atoms with E-state index in [9.17, 15) is 4.79 Å². The molecule has 9 heavy (non-hydrogen) atoms. The average molecular weight is 136 g/mol. The summed E-state index contributed by atoms with van der Waals surface area (Å²) in [6.07, 6.45) is -1.01. The highest BCUT2D eigenvalue weighted by atomic mass is 17.3. The molecule has 0 saturated heterocycles. The molecule has 0 amide bonds. The number of hydrogen-bond donors (Lipinski definition) is 0. The van der Waals surface area contributed by atoms with Crippen molar-refractivity contribution in [2.75, 3.05) is 13.7 Å². The molecule has 0 aromatic heterocycles. The van der Waals surface area contributed by atoms with Gasteiger partial charge in [0.1, 0.15) is 0 Å². The van der Waals surface area contributed by atoms with Crippen molar-refractivity contribution in [3.8, 4) is 0 Å².